The normalized spacial score (nSPS) is 13.0. The molecule has 0 atom stereocenters. The first-order chi connectivity index (χ1) is 14.2. The SMILES string of the molecule is COc1cc2c(cc1OC)CN(c1cc(NCc3ccc(F)cc3)ncn1)CC2. The van der Waals surface area contributed by atoms with Gasteiger partial charge in [0.2, 0.25) is 0 Å². The molecule has 1 aliphatic heterocycles. The lowest BCUT2D eigenvalue weighted by atomic mass is 9.99. The van der Waals surface area contributed by atoms with Crippen molar-refractivity contribution >= 4 is 11.6 Å². The Hall–Kier alpha value is -3.35. The predicted octanol–water partition coefficient (Wildman–Crippen LogP) is 3.81. The number of methoxy groups -OCH3 is 2. The van der Waals surface area contributed by atoms with E-state index in [4.69, 9.17) is 9.47 Å². The molecule has 7 heteroatoms. The zero-order valence-corrected chi connectivity index (χ0v) is 16.5. The zero-order chi connectivity index (χ0) is 20.2. The number of halogens is 1. The number of benzene rings is 2. The number of hydrogen-bond donors (Lipinski definition) is 1. The third-order valence-corrected chi connectivity index (χ3v) is 5.08. The summed E-state index contributed by atoms with van der Waals surface area (Å²) in [5.74, 6) is 2.85. The first kappa shape index (κ1) is 19.0. The van der Waals surface area contributed by atoms with E-state index >= 15 is 0 Å². The molecule has 0 spiro atoms. The standard InChI is InChI=1S/C22H23FN4O2/c1-28-19-9-16-7-8-27(13-17(16)10-20(19)29-2)22-11-21(25-14-26-22)24-12-15-3-5-18(23)6-4-15/h3-6,9-11,14H,7-8,12-13H2,1-2H3,(H,24,25,26). The van der Waals surface area contributed by atoms with Crippen LogP contribution >= 0.6 is 0 Å². The molecule has 0 saturated heterocycles. The van der Waals surface area contributed by atoms with Gasteiger partial charge in [-0.15, -0.1) is 0 Å². The Bertz CT molecular complexity index is 995. The molecule has 2 heterocycles. The van der Waals surface area contributed by atoms with Crippen LogP contribution in [0.25, 0.3) is 0 Å². The molecule has 4 rings (SSSR count). The Labute approximate surface area is 169 Å². The van der Waals surface area contributed by atoms with Gasteiger partial charge in [-0.05, 0) is 47.4 Å². The number of rotatable bonds is 6. The predicted molar refractivity (Wildman–Crippen MR) is 110 cm³/mol. The van der Waals surface area contributed by atoms with E-state index in [1.807, 2.05) is 12.1 Å². The average molecular weight is 394 g/mol. The second kappa shape index (κ2) is 8.34. The molecule has 0 bridgehead atoms. The first-order valence-corrected chi connectivity index (χ1v) is 9.45. The zero-order valence-electron chi connectivity index (χ0n) is 16.5. The van der Waals surface area contributed by atoms with Crippen molar-refractivity contribution in [3.63, 3.8) is 0 Å². The minimum absolute atomic E-state index is 0.238. The summed E-state index contributed by atoms with van der Waals surface area (Å²) < 4.78 is 23.9. The third kappa shape index (κ3) is 4.23. The maximum atomic E-state index is 13.0. The number of nitrogens with zero attached hydrogens (tertiary/aromatic N) is 3. The Morgan fingerprint density at radius 2 is 1.72 bits per heavy atom. The first-order valence-electron chi connectivity index (χ1n) is 9.45. The van der Waals surface area contributed by atoms with Gasteiger partial charge >= 0.3 is 0 Å². The van der Waals surface area contributed by atoms with E-state index in [0.29, 0.717) is 6.54 Å². The highest BCUT2D eigenvalue weighted by atomic mass is 19.1. The molecule has 2 aromatic carbocycles. The number of nitrogens with one attached hydrogen (secondary N) is 1. The maximum Gasteiger partial charge on any atom is 0.161 e. The summed E-state index contributed by atoms with van der Waals surface area (Å²) in [6, 6.07) is 12.5. The van der Waals surface area contributed by atoms with Gasteiger partial charge in [0.1, 0.15) is 23.8 Å². The highest BCUT2D eigenvalue weighted by Gasteiger charge is 2.20. The minimum Gasteiger partial charge on any atom is -0.493 e. The summed E-state index contributed by atoms with van der Waals surface area (Å²) in [6.07, 6.45) is 2.46. The van der Waals surface area contributed by atoms with Crippen molar-refractivity contribution in [2.24, 2.45) is 0 Å². The summed E-state index contributed by atoms with van der Waals surface area (Å²) in [6.45, 7) is 2.16. The van der Waals surface area contributed by atoms with Gasteiger partial charge in [-0.25, -0.2) is 14.4 Å². The second-order valence-electron chi connectivity index (χ2n) is 6.89. The molecule has 0 fully saturated rings. The molecule has 29 heavy (non-hydrogen) atoms. The van der Waals surface area contributed by atoms with Gasteiger partial charge < -0.3 is 19.7 Å². The van der Waals surface area contributed by atoms with Gasteiger partial charge in [-0.2, -0.15) is 0 Å². The van der Waals surface area contributed by atoms with Crippen molar-refractivity contribution in [1.29, 1.82) is 0 Å². The van der Waals surface area contributed by atoms with Crippen molar-refractivity contribution in [2.45, 2.75) is 19.5 Å². The minimum atomic E-state index is -0.238. The van der Waals surface area contributed by atoms with E-state index in [0.717, 1.165) is 48.2 Å². The number of fused-ring (bicyclic) bond motifs is 1. The third-order valence-electron chi connectivity index (χ3n) is 5.08. The molecule has 0 aliphatic carbocycles. The lowest BCUT2D eigenvalue weighted by Crippen LogP contribution is -2.31. The summed E-state index contributed by atoms with van der Waals surface area (Å²) in [5, 5.41) is 3.28. The highest BCUT2D eigenvalue weighted by molar-refractivity contribution is 5.54. The molecular formula is C22H23FN4O2. The molecule has 0 saturated carbocycles. The highest BCUT2D eigenvalue weighted by Crippen LogP contribution is 2.34. The molecule has 150 valence electrons. The van der Waals surface area contributed by atoms with E-state index in [-0.39, 0.29) is 5.82 Å². The Morgan fingerprint density at radius 3 is 2.45 bits per heavy atom. The summed E-state index contributed by atoms with van der Waals surface area (Å²) in [4.78, 5) is 11.0. The maximum absolute atomic E-state index is 13.0. The Balaban J connectivity index is 1.48. The van der Waals surface area contributed by atoms with Crippen molar-refractivity contribution in [2.75, 3.05) is 31.0 Å². The number of anilines is 2. The van der Waals surface area contributed by atoms with Crippen molar-refractivity contribution in [3.8, 4) is 11.5 Å². The quantitative estimate of drug-likeness (QED) is 0.686. The average Bonchev–Trinajstić information content (AvgIpc) is 2.77. The molecule has 1 N–H and O–H groups in total. The van der Waals surface area contributed by atoms with Crippen LogP contribution in [0.1, 0.15) is 16.7 Å². The van der Waals surface area contributed by atoms with Gasteiger partial charge in [0.05, 0.1) is 14.2 Å². The monoisotopic (exact) mass is 394 g/mol. The molecule has 1 aliphatic rings. The number of hydrogen-bond acceptors (Lipinski definition) is 6. The fraction of sp³-hybridized carbons (Fsp3) is 0.273. The molecule has 6 nitrogen and oxygen atoms in total. The summed E-state index contributed by atoms with van der Waals surface area (Å²) >= 11 is 0. The largest absolute Gasteiger partial charge is 0.493 e. The lowest BCUT2D eigenvalue weighted by molar-refractivity contribution is 0.353. The van der Waals surface area contributed by atoms with E-state index in [1.165, 1.54) is 23.3 Å². The molecular weight excluding hydrogens is 371 g/mol. The Morgan fingerprint density at radius 1 is 1.00 bits per heavy atom. The molecule has 1 aromatic heterocycles. The smallest absolute Gasteiger partial charge is 0.161 e. The fourth-order valence-electron chi connectivity index (χ4n) is 3.49. The lowest BCUT2D eigenvalue weighted by Gasteiger charge is -2.30. The van der Waals surface area contributed by atoms with E-state index < -0.39 is 0 Å². The van der Waals surface area contributed by atoms with Crippen LogP contribution in [0.15, 0.2) is 48.8 Å². The van der Waals surface area contributed by atoms with Crippen LogP contribution in [-0.4, -0.2) is 30.7 Å². The molecule has 3 aromatic rings. The van der Waals surface area contributed by atoms with Crippen LogP contribution < -0.4 is 19.7 Å². The molecule has 0 radical (unpaired) electrons. The van der Waals surface area contributed by atoms with E-state index in [1.54, 1.807) is 32.7 Å². The molecule has 0 amide bonds. The number of ether oxygens (including phenoxy) is 2. The topological polar surface area (TPSA) is 59.5 Å². The van der Waals surface area contributed by atoms with Gasteiger partial charge in [-0.3, -0.25) is 0 Å². The van der Waals surface area contributed by atoms with Crippen LogP contribution in [0.4, 0.5) is 16.0 Å². The van der Waals surface area contributed by atoms with Crippen LogP contribution in [-0.2, 0) is 19.5 Å². The van der Waals surface area contributed by atoms with Crippen molar-refractivity contribution < 1.29 is 13.9 Å². The van der Waals surface area contributed by atoms with E-state index in [2.05, 4.69) is 26.3 Å². The van der Waals surface area contributed by atoms with Crippen molar-refractivity contribution in [1.82, 2.24) is 9.97 Å². The van der Waals surface area contributed by atoms with E-state index in [9.17, 15) is 4.39 Å². The molecule has 0 unspecified atom stereocenters. The van der Waals surface area contributed by atoms with Crippen LogP contribution in [0.5, 0.6) is 11.5 Å². The summed E-state index contributed by atoms with van der Waals surface area (Å²) in [5.41, 5.74) is 3.45. The van der Waals surface area contributed by atoms with Crippen LogP contribution in [0, 0.1) is 5.82 Å². The second-order valence-corrected chi connectivity index (χ2v) is 6.89. The number of aromatic nitrogens is 2. The van der Waals surface area contributed by atoms with Crippen molar-refractivity contribution in [3.05, 3.63) is 71.3 Å². The van der Waals surface area contributed by atoms with Crippen LogP contribution in [0.2, 0.25) is 0 Å². The van der Waals surface area contributed by atoms with Crippen LogP contribution in [0.3, 0.4) is 0 Å². The van der Waals surface area contributed by atoms with Gasteiger partial charge in [0.15, 0.2) is 11.5 Å². The summed E-state index contributed by atoms with van der Waals surface area (Å²) in [7, 11) is 3.30. The van der Waals surface area contributed by atoms with Gasteiger partial charge in [-0.1, -0.05) is 12.1 Å². The fourth-order valence-corrected chi connectivity index (χ4v) is 3.49. The van der Waals surface area contributed by atoms with Gasteiger partial charge in [0.25, 0.3) is 0 Å². The van der Waals surface area contributed by atoms with Gasteiger partial charge in [0, 0.05) is 25.7 Å². The Kier molecular flexibility index (Phi) is 5.46.